The molecule has 1 unspecified atom stereocenters. The molecule has 0 bridgehead atoms. The van der Waals surface area contributed by atoms with Gasteiger partial charge in [-0.25, -0.2) is 0 Å². The van der Waals surface area contributed by atoms with E-state index >= 15 is 0 Å². The summed E-state index contributed by atoms with van der Waals surface area (Å²) in [4.78, 5) is 0. The molecule has 0 radical (unpaired) electrons. The van der Waals surface area contributed by atoms with Crippen LogP contribution in [0.2, 0.25) is 0 Å². The zero-order chi connectivity index (χ0) is 10.4. The molecule has 0 aliphatic carbocycles. The topological polar surface area (TPSA) is 12.0 Å². The van der Waals surface area contributed by atoms with Crippen LogP contribution in [0.15, 0.2) is 24.3 Å². The molecule has 0 aliphatic rings. The zero-order valence-corrected chi connectivity index (χ0v) is 9.64. The van der Waals surface area contributed by atoms with Crippen LogP contribution in [-0.4, -0.2) is 12.4 Å². The van der Waals surface area contributed by atoms with E-state index < -0.39 is 0 Å². The molecule has 0 amide bonds. The lowest BCUT2D eigenvalue weighted by atomic mass is 9.99. The number of anilines is 1. The lowest BCUT2D eigenvalue weighted by Gasteiger charge is -2.10. The molecular formula is C12H18ClN. The Morgan fingerprint density at radius 2 is 1.93 bits per heavy atom. The molecule has 0 aliphatic heterocycles. The Morgan fingerprint density at radius 3 is 2.43 bits per heavy atom. The number of alkyl halides is 1. The van der Waals surface area contributed by atoms with E-state index in [1.165, 1.54) is 12.0 Å². The van der Waals surface area contributed by atoms with Crippen molar-refractivity contribution in [1.82, 2.24) is 0 Å². The summed E-state index contributed by atoms with van der Waals surface area (Å²) >= 11 is 5.59. The first-order valence-corrected chi connectivity index (χ1v) is 5.71. The highest BCUT2D eigenvalue weighted by Crippen LogP contribution is 2.20. The van der Waals surface area contributed by atoms with Gasteiger partial charge in [-0.15, -0.1) is 11.6 Å². The predicted octanol–water partition coefficient (Wildman–Crippen LogP) is 3.85. The third-order valence-electron chi connectivity index (χ3n) is 2.52. The van der Waals surface area contributed by atoms with Crippen molar-refractivity contribution in [3.05, 3.63) is 29.8 Å². The summed E-state index contributed by atoms with van der Waals surface area (Å²) < 4.78 is 0. The largest absolute Gasteiger partial charge is 0.384 e. The number of halogens is 1. The Kier molecular flexibility index (Phi) is 4.81. The van der Waals surface area contributed by atoms with E-state index in [0.717, 1.165) is 12.2 Å². The van der Waals surface area contributed by atoms with Crippen molar-refractivity contribution >= 4 is 17.3 Å². The maximum absolute atomic E-state index is 5.59. The quantitative estimate of drug-likeness (QED) is 0.730. The van der Waals surface area contributed by atoms with Crippen molar-refractivity contribution in [3.8, 4) is 0 Å². The van der Waals surface area contributed by atoms with Gasteiger partial charge in [-0.2, -0.15) is 0 Å². The van der Waals surface area contributed by atoms with Crippen LogP contribution >= 0.6 is 11.6 Å². The van der Waals surface area contributed by atoms with E-state index in [9.17, 15) is 0 Å². The monoisotopic (exact) mass is 211 g/mol. The minimum Gasteiger partial charge on any atom is -0.384 e. The molecule has 0 aromatic heterocycles. The fraction of sp³-hybridized carbons (Fsp3) is 0.500. The molecule has 0 spiro atoms. The fourth-order valence-corrected chi connectivity index (χ4v) is 1.45. The number of hydrogen-bond donors (Lipinski definition) is 1. The molecule has 0 heterocycles. The van der Waals surface area contributed by atoms with E-state index in [1.807, 2.05) is 0 Å². The summed E-state index contributed by atoms with van der Waals surface area (Å²) in [6, 6.07) is 8.61. The molecule has 1 aromatic carbocycles. The van der Waals surface area contributed by atoms with E-state index in [2.05, 4.69) is 43.4 Å². The Balaban J connectivity index is 2.59. The smallest absolute Gasteiger partial charge is 0.0396 e. The molecule has 0 saturated carbocycles. The molecule has 0 saturated heterocycles. The summed E-state index contributed by atoms with van der Waals surface area (Å²) in [6.07, 6.45) is 1.19. The molecule has 1 N–H and O–H groups in total. The lowest BCUT2D eigenvalue weighted by molar-refractivity contribution is 0.734. The van der Waals surface area contributed by atoms with E-state index in [-0.39, 0.29) is 0 Å². The van der Waals surface area contributed by atoms with Crippen LogP contribution in [0.4, 0.5) is 5.69 Å². The number of hydrogen-bond acceptors (Lipinski definition) is 1. The Hall–Kier alpha value is -0.690. The minimum absolute atomic E-state index is 0.646. The number of rotatable bonds is 5. The van der Waals surface area contributed by atoms with Crippen molar-refractivity contribution < 1.29 is 0 Å². The van der Waals surface area contributed by atoms with Crippen molar-refractivity contribution in [2.24, 2.45) is 0 Å². The molecule has 78 valence electrons. The summed E-state index contributed by atoms with van der Waals surface area (Å²) in [6.45, 7) is 5.29. The Labute approximate surface area is 91.5 Å². The number of nitrogens with one attached hydrogen (secondary N) is 1. The van der Waals surface area contributed by atoms with Gasteiger partial charge in [-0.3, -0.25) is 0 Å². The summed E-state index contributed by atoms with van der Waals surface area (Å²) in [7, 11) is 0. The predicted molar refractivity (Wildman–Crippen MR) is 64.4 cm³/mol. The van der Waals surface area contributed by atoms with Gasteiger partial charge in [-0.05, 0) is 30.0 Å². The molecule has 14 heavy (non-hydrogen) atoms. The van der Waals surface area contributed by atoms with Gasteiger partial charge in [0.1, 0.15) is 0 Å². The second-order valence-electron chi connectivity index (χ2n) is 3.55. The average molecular weight is 212 g/mol. The van der Waals surface area contributed by atoms with Crippen LogP contribution in [0.25, 0.3) is 0 Å². The zero-order valence-electron chi connectivity index (χ0n) is 8.89. The van der Waals surface area contributed by atoms with Crippen LogP contribution in [0, 0.1) is 0 Å². The highest BCUT2D eigenvalue weighted by molar-refractivity contribution is 6.18. The van der Waals surface area contributed by atoms with E-state index in [4.69, 9.17) is 11.6 Å². The maximum Gasteiger partial charge on any atom is 0.0396 e. The van der Waals surface area contributed by atoms with Gasteiger partial charge in [0.2, 0.25) is 0 Å². The van der Waals surface area contributed by atoms with Gasteiger partial charge in [0.25, 0.3) is 0 Å². The molecule has 1 rings (SSSR count). The van der Waals surface area contributed by atoms with Crippen molar-refractivity contribution in [2.75, 3.05) is 17.7 Å². The first kappa shape index (κ1) is 11.4. The van der Waals surface area contributed by atoms with Gasteiger partial charge >= 0.3 is 0 Å². The maximum atomic E-state index is 5.59. The van der Waals surface area contributed by atoms with Crippen LogP contribution in [0.3, 0.4) is 0 Å². The Bertz CT molecular complexity index is 256. The third-order valence-corrected chi connectivity index (χ3v) is 2.70. The van der Waals surface area contributed by atoms with Gasteiger partial charge in [0, 0.05) is 18.1 Å². The van der Waals surface area contributed by atoms with Crippen molar-refractivity contribution in [3.63, 3.8) is 0 Å². The molecule has 1 aromatic rings. The van der Waals surface area contributed by atoms with Gasteiger partial charge < -0.3 is 5.32 Å². The van der Waals surface area contributed by atoms with Crippen LogP contribution in [0.1, 0.15) is 31.7 Å². The SMILES string of the molecule is CCC(C)c1ccc(NCCCl)cc1. The first-order chi connectivity index (χ1) is 6.77. The fourth-order valence-electron chi connectivity index (χ4n) is 1.36. The molecule has 0 fully saturated rings. The van der Waals surface area contributed by atoms with E-state index in [0.29, 0.717) is 11.8 Å². The Morgan fingerprint density at radius 1 is 1.29 bits per heavy atom. The normalized spacial score (nSPS) is 12.5. The second-order valence-corrected chi connectivity index (χ2v) is 3.93. The van der Waals surface area contributed by atoms with E-state index in [1.54, 1.807) is 0 Å². The standard InChI is InChI=1S/C12H18ClN/c1-3-10(2)11-4-6-12(7-5-11)14-9-8-13/h4-7,10,14H,3,8-9H2,1-2H3. The lowest BCUT2D eigenvalue weighted by Crippen LogP contribution is -2.02. The number of benzene rings is 1. The molecule has 2 heteroatoms. The molecular weight excluding hydrogens is 194 g/mol. The minimum atomic E-state index is 0.646. The van der Waals surface area contributed by atoms with Crippen molar-refractivity contribution in [1.29, 1.82) is 0 Å². The molecule has 1 nitrogen and oxygen atoms in total. The average Bonchev–Trinajstić information content (AvgIpc) is 2.26. The van der Waals surface area contributed by atoms with Gasteiger partial charge in [-0.1, -0.05) is 26.0 Å². The van der Waals surface area contributed by atoms with Crippen LogP contribution < -0.4 is 5.32 Å². The summed E-state index contributed by atoms with van der Waals surface area (Å²) in [5.41, 5.74) is 2.56. The highest BCUT2D eigenvalue weighted by Gasteiger charge is 2.01. The third kappa shape index (κ3) is 3.22. The van der Waals surface area contributed by atoms with Gasteiger partial charge in [0.15, 0.2) is 0 Å². The highest BCUT2D eigenvalue weighted by atomic mass is 35.5. The summed E-state index contributed by atoms with van der Waals surface area (Å²) in [5, 5.41) is 3.25. The molecule has 1 atom stereocenters. The van der Waals surface area contributed by atoms with Crippen LogP contribution in [0.5, 0.6) is 0 Å². The van der Waals surface area contributed by atoms with Crippen LogP contribution in [-0.2, 0) is 0 Å². The van der Waals surface area contributed by atoms with Crippen molar-refractivity contribution in [2.45, 2.75) is 26.2 Å². The summed E-state index contributed by atoms with van der Waals surface area (Å²) in [5.74, 6) is 1.30. The van der Waals surface area contributed by atoms with Gasteiger partial charge in [0.05, 0.1) is 0 Å². The second kappa shape index (κ2) is 5.92. The first-order valence-electron chi connectivity index (χ1n) is 5.17.